The largest absolute Gasteiger partial charge is 0.478 e. The predicted molar refractivity (Wildman–Crippen MR) is 125 cm³/mol. The monoisotopic (exact) mass is 476 g/mol. The van der Waals surface area contributed by atoms with Crippen LogP contribution in [0.2, 0.25) is 5.02 Å². The summed E-state index contributed by atoms with van der Waals surface area (Å²) in [6, 6.07) is 9.51. The van der Waals surface area contributed by atoms with Gasteiger partial charge in [-0.15, -0.1) is 11.3 Å². The number of carboxylic acid groups (broad SMARTS) is 1. The summed E-state index contributed by atoms with van der Waals surface area (Å²) < 4.78 is 5.38. The van der Waals surface area contributed by atoms with Gasteiger partial charge in [0.2, 0.25) is 12.4 Å². The number of thiophene rings is 1. The first-order valence-electron chi connectivity index (χ1n) is 9.47. The van der Waals surface area contributed by atoms with Crippen molar-refractivity contribution in [3.8, 4) is 0 Å². The van der Waals surface area contributed by atoms with Crippen molar-refractivity contribution in [2.45, 2.75) is 0 Å². The smallest absolute Gasteiger partial charge is 0.338 e. The lowest BCUT2D eigenvalue weighted by molar-refractivity contribution is -0.106. The highest BCUT2D eigenvalue weighted by molar-refractivity contribution is 7.14. The van der Waals surface area contributed by atoms with Crippen LogP contribution < -0.4 is 21.3 Å². The highest BCUT2D eigenvalue weighted by Gasteiger charge is 2.15. The number of carboxylic acids is 1. The van der Waals surface area contributed by atoms with Crippen LogP contribution in [0.25, 0.3) is 0 Å². The molecule has 0 unspecified atom stereocenters. The van der Waals surface area contributed by atoms with Crippen molar-refractivity contribution in [1.29, 1.82) is 0 Å². The molecule has 1 aromatic carbocycles. The van der Waals surface area contributed by atoms with Crippen LogP contribution >= 0.6 is 22.9 Å². The zero-order valence-electron chi connectivity index (χ0n) is 16.8. The number of anilines is 5. The van der Waals surface area contributed by atoms with Gasteiger partial charge in [0.15, 0.2) is 5.82 Å². The standard InChI is InChI=1S/C19H18ClN5O3S.CH3NO/c20-15-11-21-19(24-16(15)23-17-14(18(26)27)5-10-29-17)22-12-1-3-13(4-2-12)25-6-8-28-9-7-25;2-1-3/h1-5,10-11H,6-9H2,(H,26,27)(H2,21,22,23,24);1H,(H2,2,3). The number of carbonyl (C=O) groups excluding carboxylic acids is 1. The van der Waals surface area contributed by atoms with Gasteiger partial charge in [-0.3, -0.25) is 4.79 Å². The van der Waals surface area contributed by atoms with E-state index >= 15 is 0 Å². The number of nitrogens with one attached hydrogen (secondary N) is 2. The molecule has 1 saturated heterocycles. The molecule has 4 rings (SSSR count). The minimum absolute atomic E-state index is 0.165. The fraction of sp³-hybridized carbons (Fsp3) is 0.200. The van der Waals surface area contributed by atoms with Gasteiger partial charge in [-0.2, -0.15) is 4.98 Å². The Hall–Kier alpha value is -3.41. The van der Waals surface area contributed by atoms with Crippen LogP contribution in [-0.4, -0.2) is 53.8 Å². The van der Waals surface area contributed by atoms with Crippen LogP contribution in [0.4, 0.5) is 28.1 Å². The van der Waals surface area contributed by atoms with Crippen LogP contribution in [0.3, 0.4) is 0 Å². The minimum atomic E-state index is -1.02. The molecule has 0 spiro atoms. The predicted octanol–water partition coefficient (Wildman–Crippen LogP) is 3.32. The number of aromatic nitrogens is 2. The summed E-state index contributed by atoms with van der Waals surface area (Å²) in [4.78, 5) is 30.7. The van der Waals surface area contributed by atoms with Crippen LogP contribution in [0, 0.1) is 0 Å². The molecule has 168 valence electrons. The molecule has 2 aromatic heterocycles. The van der Waals surface area contributed by atoms with E-state index in [1.54, 1.807) is 5.38 Å². The van der Waals surface area contributed by atoms with Gasteiger partial charge in [-0.05, 0) is 35.7 Å². The third-order valence-corrected chi connectivity index (χ3v) is 5.48. The van der Waals surface area contributed by atoms with Crippen molar-refractivity contribution >= 4 is 63.5 Å². The van der Waals surface area contributed by atoms with Crippen LogP contribution in [0.1, 0.15) is 10.4 Å². The highest BCUT2D eigenvalue weighted by atomic mass is 35.5. The third kappa shape index (κ3) is 6.06. The van der Waals surface area contributed by atoms with E-state index in [9.17, 15) is 9.90 Å². The molecular formula is C20H21ClN6O4S. The second-order valence-corrected chi connectivity index (χ2v) is 7.71. The Kier molecular flexibility index (Phi) is 8.20. The number of primary amides is 1. The van der Waals surface area contributed by atoms with Gasteiger partial charge in [0.1, 0.15) is 10.0 Å². The van der Waals surface area contributed by atoms with Crippen molar-refractivity contribution in [3.05, 3.63) is 52.5 Å². The maximum absolute atomic E-state index is 11.3. The van der Waals surface area contributed by atoms with Crippen LogP contribution in [0.15, 0.2) is 41.9 Å². The molecular weight excluding hydrogens is 456 g/mol. The lowest BCUT2D eigenvalue weighted by atomic mass is 10.2. The summed E-state index contributed by atoms with van der Waals surface area (Å²) >= 11 is 7.44. The molecule has 0 radical (unpaired) electrons. The average molecular weight is 477 g/mol. The van der Waals surface area contributed by atoms with Crippen molar-refractivity contribution in [1.82, 2.24) is 9.97 Å². The number of aromatic carboxylic acids is 1. The van der Waals surface area contributed by atoms with E-state index in [1.165, 1.54) is 23.6 Å². The van der Waals surface area contributed by atoms with E-state index in [4.69, 9.17) is 21.1 Å². The summed E-state index contributed by atoms with van der Waals surface area (Å²) in [5.74, 6) is -0.332. The van der Waals surface area contributed by atoms with E-state index in [0.717, 1.165) is 37.7 Å². The van der Waals surface area contributed by atoms with Crippen molar-refractivity contribution in [2.75, 3.05) is 41.8 Å². The quantitative estimate of drug-likeness (QED) is 0.394. The number of halogens is 1. The SMILES string of the molecule is NC=O.O=C(O)c1ccsc1Nc1nc(Nc2ccc(N3CCOCC3)cc2)ncc1Cl. The first kappa shape index (κ1) is 23.3. The maximum Gasteiger partial charge on any atom is 0.338 e. The van der Waals surface area contributed by atoms with Crippen molar-refractivity contribution < 1.29 is 19.4 Å². The summed E-state index contributed by atoms with van der Waals surface area (Å²) in [5.41, 5.74) is 6.30. The Bertz CT molecular complexity index is 1060. The number of nitrogens with zero attached hydrogens (tertiary/aromatic N) is 3. The molecule has 3 aromatic rings. The van der Waals surface area contributed by atoms with Crippen molar-refractivity contribution in [2.24, 2.45) is 5.73 Å². The molecule has 1 amide bonds. The topological polar surface area (TPSA) is 143 Å². The van der Waals surface area contributed by atoms with E-state index in [0.29, 0.717) is 21.8 Å². The normalized spacial score (nSPS) is 13.0. The Morgan fingerprint density at radius 2 is 1.91 bits per heavy atom. The molecule has 1 aliphatic rings. The molecule has 3 heterocycles. The van der Waals surface area contributed by atoms with E-state index in [2.05, 4.69) is 31.2 Å². The summed E-state index contributed by atoms with van der Waals surface area (Å²) in [6.07, 6.45) is 1.72. The van der Waals surface area contributed by atoms with Crippen LogP contribution in [0.5, 0.6) is 0 Å². The van der Waals surface area contributed by atoms with Gasteiger partial charge >= 0.3 is 5.97 Å². The van der Waals surface area contributed by atoms with E-state index in [-0.39, 0.29) is 12.0 Å². The number of morpholine rings is 1. The number of hydrogen-bond donors (Lipinski definition) is 4. The van der Waals surface area contributed by atoms with Gasteiger partial charge in [-0.1, -0.05) is 11.6 Å². The number of amides is 1. The molecule has 0 aliphatic carbocycles. The van der Waals surface area contributed by atoms with Gasteiger partial charge < -0.3 is 31.1 Å². The number of ether oxygens (including phenoxy) is 1. The minimum Gasteiger partial charge on any atom is -0.478 e. The highest BCUT2D eigenvalue weighted by Crippen LogP contribution is 2.30. The molecule has 1 fully saturated rings. The van der Waals surface area contributed by atoms with Gasteiger partial charge in [0.25, 0.3) is 0 Å². The van der Waals surface area contributed by atoms with Gasteiger partial charge in [-0.25, -0.2) is 9.78 Å². The fourth-order valence-corrected chi connectivity index (χ4v) is 3.82. The second-order valence-electron chi connectivity index (χ2n) is 6.39. The maximum atomic E-state index is 11.3. The molecule has 32 heavy (non-hydrogen) atoms. The second kappa shape index (κ2) is 11.3. The molecule has 0 atom stereocenters. The third-order valence-electron chi connectivity index (χ3n) is 4.37. The summed E-state index contributed by atoms with van der Waals surface area (Å²) in [7, 11) is 0. The summed E-state index contributed by atoms with van der Waals surface area (Å²) in [5, 5.41) is 17.8. The van der Waals surface area contributed by atoms with Crippen LogP contribution in [-0.2, 0) is 9.53 Å². The number of nitrogens with two attached hydrogens (primary N) is 1. The van der Waals surface area contributed by atoms with E-state index in [1.807, 2.05) is 24.3 Å². The van der Waals surface area contributed by atoms with E-state index < -0.39 is 5.97 Å². The zero-order valence-corrected chi connectivity index (χ0v) is 18.4. The van der Waals surface area contributed by atoms with Crippen molar-refractivity contribution in [3.63, 3.8) is 0 Å². The number of hydrogen-bond acceptors (Lipinski definition) is 9. The Labute approximate surface area is 193 Å². The molecule has 12 heteroatoms. The first-order chi connectivity index (χ1) is 15.5. The fourth-order valence-electron chi connectivity index (χ4n) is 2.90. The molecule has 1 aliphatic heterocycles. The molecule has 0 bridgehead atoms. The lowest BCUT2D eigenvalue weighted by Gasteiger charge is -2.28. The Balaban J connectivity index is 0.000000913. The lowest BCUT2D eigenvalue weighted by Crippen LogP contribution is -2.36. The average Bonchev–Trinajstić information content (AvgIpc) is 3.26. The first-order valence-corrected chi connectivity index (χ1v) is 10.7. The Morgan fingerprint density at radius 1 is 1.22 bits per heavy atom. The summed E-state index contributed by atoms with van der Waals surface area (Å²) in [6.45, 7) is 3.23. The number of rotatable bonds is 6. The molecule has 5 N–H and O–H groups in total. The number of benzene rings is 1. The molecule has 0 saturated carbocycles. The van der Waals surface area contributed by atoms with Gasteiger partial charge in [0.05, 0.1) is 25.0 Å². The Morgan fingerprint density at radius 3 is 2.56 bits per heavy atom. The number of carbonyl (C=O) groups is 2. The van der Waals surface area contributed by atoms with Gasteiger partial charge in [0, 0.05) is 24.5 Å². The zero-order chi connectivity index (χ0) is 22.9. The molecule has 10 nitrogen and oxygen atoms in total.